The fraction of sp³-hybridized carbons (Fsp3) is 0.483. The largest absolute Gasteiger partial charge is 0.461 e. The van der Waals surface area contributed by atoms with E-state index in [2.05, 4.69) is 13.5 Å². The zero-order chi connectivity index (χ0) is 26.0. The number of ether oxygens (including phenoxy) is 2. The minimum Gasteiger partial charge on any atom is -0.461 e. The molecule has 2 aromatic rings. The molecule has 0 radical (unpaired) electrons. The minimum absolute atomic E-state index is 0.0844. The minimum atomic E-state index is -0.904. The van der Waals surface area contributed by atoms with E-state index in [0.717, 1.165) is 24.8 Å². The number of thiophene rings is 2. The van der Waals surface area contributed by atoms with Gasteiger partial charge in [0, 0.05) is 22.3 Å². The molecule has 0 amide bonds. The van der Waals surface area contributed by atoms with Gasteiger partial charge in [-0.2, -0.15) is 0 Å². The van der Waals surface area contributed by atoms with Gasteiger partial charge in [-0.15, -0.1) is 22.7 Å². The summed E-state index contributed by atoms with van der Waals surface area (Å²) < 4.78 is 11.8. The summed E-state index contributed by atoms with van der Waals surface area (Å²) in [5.41, 5.74) is -0.314. The maximum absolute atomic E-state index is 13.5. The van der Waals surface area contributed by atoms with Crippen molar-refractivity contribution in [2.45, 2.75) is 45.1 Å². The molecule has 5 aliphatic rings. The SMILES string of the molecule is C=C1C=C2C[C@@]3(C1=O)C2[C@]1(COC(=O)c2cccs2)CCC[C@@](C)(COC(=O)c2cccs2)C1C[C@H]3O. The summed E-state index contributed by atoms with van der Waals surface area (Å²) in [4.78, 5) is 40.2. The van der Waals surface area contributed by atoms with Crippen LogP contribution in [0.3, 0.4) is 0 Å². The second kappa shape index (κ2) is 8.75. The molecule has 8 heteroatoms. The standard InChI is InChI=1S/C29H30O6S2/c1-17-12-18-14-29(24(17)31)22(30)13-21-27(2,15-34-25(32)19-6-3-10-36-19)8-5-9-28(21,23(18)29)16-35-26(33)20-7-4-11-37-20/h3-4,6-7,10-12,21-23,30H,1,5,8-9,13-16H2,2H3/t21?,22-,23?,27+,28+,29+/m1/s1. The second-order valence-electron chi connectivity index (χ2n) is 11.4. The van der Waals surface area contributed by atoms with E-state index in [1.807, 2.05) is 29.0 Å². The highest BCUT2D eigenvalue weighted by Gasteiger charge is 2.74. The van der Waals surface area contributed by atoms with Crippen LogP contribution in [0.5, 0.6) is 0 Å². The van der Waals surface area contributed by atoms with Crippen molar-refractivity contribution in [3.63, 3.8) is 0 Å². The third-order valence-electron chi connectivity index (χ3n) is 9.46. The number of aliphatic hydroxyl groups is 1. The molecule has 2 heterocycles. The highest BCUT2D eigenvalue weighted by molar-refractivity contribution is 7.12. The Bertz CT molecular complexity index is 1290. The van der Waals surface area contributed by atoms with E-state index in [4.69, 9.17) is 9.47 Å². The first-order chi connectivity index (χ1) is 17.7. The number of fused-ring (bicyclic) bond motifs is 3. The van der Waals surface area contributed by atoms with Gasteiger partial charge < -0.3 is 14.6 Å². The summed E-state index contributed by atoms with van der Waals surface area (Å²) in [5.74, 6) is -1.11. The van der Waals surface area contributed by atoms with Crippen LogP contribution in [-0.2, 0) is 14.3 Å². The molecule has 1 spiro atoms. The molecular weight excluding hydrogens is 508 g/mol. The second-order valence-corrected chi connectivity index (χ2v) is 13.3. The Hall–Kier alpha value is -2.55. The van der Waals surface area contributed by atoms with Gasteiger partial charge in [0.25, 0.3) is 0 Å². The first-order valence-electron chi connectivity index (χ1n) is 12.7. The maximum Gasteiger partial charge on any atom is 0.348 e. The van der Waals surface area contributed by atoms with Gasteiger partial charge in [-0.05, 0) is 54.5 Å². The van der Waals surface area contributed by atoms with Crippen molar-refractivity contribution < 1.29 is 29.0 Å². The van der Waals surface area contributed by atoms with E-state index in [0.29, 0.717) is 28.2 Å². The van der Waals surface area contributed by atoms with E-state index in [9.17, 15) is 19.5 Å². The average molecular weight is 539 g/mol. The molecule has 1 N–H and O–H groups in total. The van der Waals surface area contributed by atoms with Crippen molar-refractivity contribution in [2.24, 2.45) is 28.1 Å². The van der Waals surface area contributed by atoms with Gasteiger partial charge >= 0.3 is 11.9 Å². The Morgan fingerprint density at radius 1 is 1.08 bits per heavy atom. The number of carbonyl (C=O) groups excluding carboxylic acids is 3. The molecule has 2 aromatic heterocycles. The number of hydrogen-bond acceptors (Lipinski definition) is 8. The number of aliphatic hydroxyl groups excluding tert-OH is 1. The summed E-state index contributed by atoms with van der Waals surface area (Å²) >= 11 is 2.68. The predicted molar refractivity (Wildman–Crippen MR) is 140 cm³/mol. The van der Waals surface area contributed by atoms with Crippen LogP contribution in [-0.4, -0.2) is 42.1 Å². The molecule has 7 rings (SSSR count). The molecule has 0 saturated heterocycles. The van der Waals surface area contributed by atoms with Gasteiger partial charge in [0.05, 0.1) is 24.7 Å². The van der Waals surface area contributed by atoms with Crippen molar-refractivity contribution >= 4 is 40.4 Å². The molecule has 6 nitrogen and oxygen atoms in total. The number of esters is 2. The molecule has 2 unspecified atom stereocenters. The molecular formula is C29H30O6S2. The monoisotopic (exact) mass is 538 g/mol. The Morgan fingerprint density at radius 2 is 1.73 bits per heavy atom. The van der Waals surface area contributed by atoms with E-state index >= 15 is 0 Å². The van der Waals surface area contributed by atoms with Crippen LogP contribution in [0.4, 0.5) is 0 Å². The van der Waals surface area contributed by atoms with E-state index in [-0.39, 0.29) is 42.8 Å². The van der Waals surface area contributed by atoms with Crippen molar-refractivity contribution in [3.8, 4) is 0 Å². The van der Waals surface area contributed by atoms with E-state index in [1.165, 1.54) is 22.7 Å². The van der Waals surface area contributed by atoms with Crippen molar-refractivity contribution in [3.05, 3.63) is 68.6 Å². The van der Waals surface area contributed by atoms with Gasteiger partial charge in [0.2, 0.25) is 0 Å². The number of carbonyl (C=O) groups is 3. The first kappa shape index (κ1) is 24.8. The molecule has 2 bridgehead atoms. The molecule has 5 aliphatic carbocycles. The Morgan fingerprint density at radius 3 is 2.35 bits per heavy atom. The van der Waals surface area contributed by atoms with Crippen LogP contribution in [0.15, 0.2) is 58.8 Å². The summed E-state index contributed by atoms with van der Waals surface area (Å²) in [7, 11) is 0. The fourth-order valence-corrected chi connectivity index (χ4v) is 9.20. The topological polar surface area (TPSA) is 89.9 Å². The molecule has 3 fully saturated rings. The van der Waals surface area contributed by atoms with E-state index in [1.54, 1.807) is 12.1 Å². The zero-order valence-corrected chi connectivity index (χ0v) is 22.4. The molecule has 194 valence electrons. The van der Waals surface area contributed by atoms with Crippen LogP contribution < -0.4 is 0 Å². The van der Waals surface area contributed by atoms with Crippen LogP contribution in [0.1, 0.15) is 58.4 Å². The number of ketones is 1. The average Bonchev–Trinajstić information content (AvgIpc) is 3.59. The van der Waals surface area contributed by atoms with Crippen molar-refractivity contribution in [1.82, 2.24) is 0 Å². The maximum atomic E-state index is 13.5. The highest BCUT2D eigenvalue weighted by atomic mass is 32.1. The highest BCUT2D eigenvalue weighted by Crippen LogP contribution is 2.74. The molecule has 3 saturated carbocycles. The van der Waals surface area contributed by atoms with E-state index < -0.39 is 22.3 Å². The van der Waals surface area contributed by atoms with Crippen LogP contribution in [0, 0.1) is 28.1 Å². The molecule has 0 aromatic carbocycles. The smallest absolute Gasteiger partial charge is 0.348 e. The van der Waals surface area contributed by atoms with Crippen LogP contribution >= 0.6 is 22.7 Å². The normalized spacial score (nSPS) is 36.1. The Kier molecular flexibility index (Phi) is 5.86. The lowest BCUT2D eigenvalue weighted by atomic mass is 9.32. The third kappa shape index (κ3) is 3.56. The summed E-state index contributed by atoms with van der Waals surface area (Å²) in [5, 5.41) is 15.2. The van der Waals surface area contributed by atoms with Gasteiger partial charge in [-0.1, -0.05) is 43.7 Å². The third-order valence-corrected chi connectivity index (χ3v) is 11.2. The Balaban J connectivity index is 1.36. The van der Waals surface area contributed by atoms with Crippen molar-refractivity contribution in [2.75, 3.05) is 13.2 Å². The molecule has 37 heavy (non-hydrogen) atoms. The fourth-order valence-electron chi connectivity index (χ4n) is 7.97. The quantitative estimate of drug-likeness (QED) is 0.389. The van der Waals surface area contributed by atoms with Crippen LogP contribution in [0.25, 0.3) is 0 Å². The summed E-state index contributed by atoms with van der Waals surface area (Å²) in [6.07, 6.45) is 4.44. The van der Waals surface area contributed by atoms with Gasteiger partial charge in [-0.3, -0.25) is 4.79 Å². The zero-order valence-electron chi connectivity index (χ0n) is 20.7. The summed E-state index contributed by atoms with van der Waals surface area (Å²) in [6, 6.07) is 7.14. The van der Waals surface area contributed by atoms with Gasteiger partial charge in [0.1, 0.15) is 9.75 Å². The predicted octanol–water partition coefficient (Wildman–Crippen LogP) is 5.45. The number of hydrogen-bond donors (Lipinski definition) is 1. The van der Waals surface area contributed by atoms with Gasteiger partial charge in [0.15, 0.2) is 5.78 Å². The summed E-state index contributed by atoms with van der Waals surface area (Å²) in [6.45, 7) is 6.44. The first-order valence-corrected chi connectivity index (χ1v) is 14.5. The lowest BCUT2D eigenvalue weighted by Crippen LogP contribution is -2.72. The Labute approximate surface area is 224 Å². The number of rotatable bonds is 6. The molecule has 6 atom stereocenters. The van der Waals surface area contributed by atoms with Crippen molar-refractivity contribution in [1.29, 1.82) is 0 Å². The number of Topliss-reactive ketones (excluding diaryl/α,β-unsaturated/α-hetero) is 1. The number of allylic oxidation sites excluding steroid dienone is 3. The molecule has 0 aliphatic heterocycles. The lowest BCUT2D eigenvalue weighted by molar-refractivity contribution is -0.227. The van der Waals surface area contributed by atoms with Gasteiger partial charge in [-0.25, -0.2) is 9.59 Å². The van der Waals surface area contributed by atoms with Crippen LogP contribution in [0.2, 0.25) is 0 Å². The lowest BCUT2D eigenvalue weighted by Gasteiger charge is -2.71.